The van der Waals surface area contributed by atoms with Crippen molar-refractivity contribution in [3.8, 4) is 16.2 Å². The second-order valence-corrected chi connectivity index (χ2v) is 4.62. The van der Waals surface area contributed by atoms with Gasteiger partial charge in [0.15, 0.2) is 0 Å². The summed E-state index contributed by atoms with van der Waals surface area (Å²) in [7, 11) is 1.68. The SMILES string of the molecule is COc1ccccc1-c1sc(C)nc1CN. The summed E-state index contributed by atoms with van der Waals surface area (Å²) in [5, 5.41) is 1.03. The van der Waals surface area contributed by atoms with Crippen LogP contribution in [0.2, 0.25) is 0 Å². The molecule has 0 fully saturated rings. The lowest BCUT2D eigenvalue weighted by Crippen LogP contribution is -1.98. The van der Waals surface area contributed by atoms with Crippen LogP contribution in [0.25, 0.3) is 10.4 Å². The minimum Gasteiger partial charge on any atom is -0.496 e. The molecule has 0 radical (unpaired) electrons. The monoisotopic (exact) mass is 234 g/mol. The normalized spacial score (nSPS) is 10.4. The Morgan fingerprint density at radius 1 is 1.38 bits per heavy atom. The number of nitrogens with two attached hydrogens (primary N) is 1. The van der Waals surface area contributed by atoms with Gasteiger partial charge in [-0.3, -0.25) is 0 Å². The van der Waals surface area contributed by atoms with E-state index in [4.69, 9.17) is 10.5 Å². The van der Waals surface area contributed by atoms with E-state index in [1.54, 1.807) is 18.4 Å². The van der Waals surface area contributed by atoms with Crippen LogP contribution in [0.5, 0.6) is 5.75 Å². The average molecular weight is 234 g/mol. The highest BCUT2D eigenvalue weighted by Gasteiger charge is 2.13. The lowest BCUT2D eigenvalue weighted by molar-refractivity contribution is 0.416. The third-order valence-electron chi connectivity index (χ3n) is 2.35. The quantitative estimate of drug-likeness (QED) is 0.888. The second kappa shape index (κ2) is 4.63. The highest BCUT2D eigenvalue weighted by atomic mass is 32.1. The first-order valence-corrected chi connectivity index (χ1v) is 5.87. The average Bonchev–Trinajstić information content (AvgIpc) is 2.70. The number of aryl methyl sites for hydroxylation is 1. The van der Waals surface area contributed by atoms with Gasteiger partial charge in [0.1, 0.15) is 5.75 Å². The Labute approximate surface area is 98.9 Å². The molecular weight excluding hydrogens is 220 g/mol. The van der Waals surface area contributed by atoms with Gasteiger partial charge in [-0.05, 0) is 19.1 Å². The van der Waals surface area contributed by atoms with Crippen LogP contribution in [0.15, 0.2) is 24.3 Å². The van der Waals surface area contributed by atoms with E-state index in [9.17, 15) is 0 Å². The van der Waals surface area contributed by atoms with E-state index < -0.39 is 0 Å². The first-order valence-electron chi connectivity index (χ1n) is 5.06. The number of para-hydroxylation sites is 1. The van der Waals surface area contributed by atoms with Crippen molar-refractivity contribution in [3.63, 3.8) is 0 Å². The van der Waals surface area contributed by atoms with E-state index in [-0.39, 0.29) is 0 Å². The van der Waals surface area contributed by atoms with Gasteiger partial charge in [0, 0.05) is 12.1 Å². The molecule has 1 heterocycles. The molecule has 0 amide bonds. The Morgan fingerprint density at radius 2 is 2.12 bits per heavy atom. The van der Waals surface area contributed by atoms with Gasteiger partial charge in [0.05, 0.1) is 22.7 Å². The molecule has 0 spiro atoms. The molecule has 0 saturated carbocycles. The maximum Gasteiger partial charge on any atom is 0.127 e. The van der Waals surface area contributed by atoms with Crippen LogP contribution in [0.3, 0.4) is 0 Å². The molecule has 16 heavy (non-hydrogen) atoms. The van der Waals surface area contributed by atoms with Gasteiger partial charge in [-0.1, -0.05) is 12.1 Å². The largest absolute Gasteiger partial charge is 0.496 e. The molecule has 2 rings (SSSR count). The summed E-state index contributed by atoms with van der Waals surface area (Å²) >= 11 is 1.65. The van der Waals surface area contributed by atoms with E-state index in [2.05, 4.69) is 4.98 Å². The van der Waals surface area contributed by atoms with Crippen LogP contribution >= 0.6 is 11.3 Å². The van der Waals surface area contributed by atoms with E-state index in [1.807, 2.05) is 31.2 Å². The van der Waals surface area contributed by atoms with Gasteiger partial charge in [0.2, 0.25) is 0 Å². The zero-order valence-electron chi connectivity index (χ0n) is 9.36. The number of ether oxygens (including phenoxy) is 1. The standard InChI is InChI=1S/C12H14N2OS/c1-8-14-10(7-13)12(16-8)9-5-3-4-6-11(9)15-2/h3-6H,7,13H2,1-2H3. The van der Waals surface area contributed by atoms with Crippen LogP contribution in [0.4, 0.5) is 0 Å². The molecule has 4 heteroatoms. The fraction of sp³-hybridized carbons (Fsp3) is 0.250. The number of nitrogens with zero attached hydrogens (tertiary/aromatic N) is 1. The van der Waals surface area contributed by atoms with Crippen molar-refractivity contribution >= 4 is 11.3 Å². The van der Waals surface area contributed by atoms with Crippen molar-refractivity contribution in [1.82, 2.24) is 4.98 Å². The third-order valence-corrected chi connectivity index (χ3v) is 3.40. The van der Waals surface area contributed by atoms with Crippen LogP contribution in [-0.2, 0) is 6.54 Å². The predicted octanol–water partition coefficient (Wildman–Crippen LogP) is 2.59. The minimum absolute atomic E-state index is 0.456. The van der Waals surface area contributed by atoms with Gasteiger partial charge in [-0.15, -0.1) is 11.3 Å². The number of aromatic nitrogens is 1. The molecule has 0 aliphatic rings. The van der Waals surface area contributed by atoms with Gasteiger partial charge < -0.3 is 10.5 Å². The lowest BCUT2D eigenvalue weighted by Gasteiger charge is -2.06. The number of hydrogen-bond donors (Lipinski definition) is 1. The molecule has 0 saturated heterocycles. The third kappa shape index (κ3) is 1.94. The van der Waals surface area contributed by atoms with E-state index in [1.165, 1.54) is 0 Å². The molecule has 3 nitrogen and oxygen atoms in total. The molecule has 0 unspecified atom stereocenters. The van der Waals surface area contributed by atoms with Gasteiger partial charge in [-0.25, -0.2) is 4.98 Å². The maximum atomic E-state index is 5.70. The van der Waals surface area contributed by atoms with Crippen molar-refractivity contribution < 1.29 is 4.74 Å². The molecule has 0 aliphatic heterocycles. The summed E-state index contributed by atoms with van der Waals surface area (Å²) in [5.41, 5.74) is 7.70. The van der Waals surface area contributed by atoms with E-state index >= 15 is 0 Å². The summed E-state index contributed by atoms with van der Waals surface area (Å²) in [6.07, 6.45) is 0. The first kappa shape index (κ1) is 11.1. The maximum absolute atomic E-state index is 5.70. The van der Waals surface area contributed by atoms with Crippen LogP contribution in [0.1, 0.15) is 10.7 Å². The Kier molecular flexibility index (Phi) is 3.22. The van der Waals surface area contributed by atoms with Crippen LogP contribution in [-0.4, -0.2) is 12.1 Å². The smallest absolute Gasteiger partial charge is 0.127 e. The fourth-order valence-electron chi connectivity index (χ4n) is 1.65. The second-order valence-electron chi connectivity index (χ2n) is 3.41. The summed E-state index contributed by atoms with van der Waals surface area (Å²) in [4.78, 5) is 5.53. The highest BCUT2D eigenvalue weighted by Crippen LogP contribution is 2.36. The molecule has 1 aromatic carbocycles. The number of methoxy groups -OCH3 is 1. The Morgan fingerprint density at radius 3 is 2.81 bits per heavy atom. The lowest BCUT2D eigenvalue weighted by atomic mass is 10.1. The van der Waals surface area contributed by atoms with E-state index in [0.29, 0.717) is 6.54 Å². The molecule has 0 atom stereocenters. The topological polar surface area (TPSA) is 48.1 Å². The summed E-state index contributed by atoms with van der Waals surface area (Å²) in [6, 6.07) is 7.93. The van der Waals surface area contributed by atoms with Crippen molar-refractivity contribution in [2.24, 2.45) is 5.73 Å². The zero-order valence-corrected chi connectivity index (χ0v) is 10.2. The van der Waals surface area contributed by atoms with Gasteiger partial charge >= 0.3 is 0 Å². The number of rotatable bonds is 3. The van der Waals surface area contributed by atoms with Gasteiger partial charge in [-0.2, -0.15) is 0 Å². The van der Waals surface area contributed by atoms with Crippen molar-refractivity contribution in [1.29, 1.82) is 0 Å². The van der Waals surface area contributed by atoms with Gasteiger partial charge in [0.25, 0.3) is 0 Å². The fourth-order valence-corrected chi connectivity index (χ4v) is 2.63. The zero-order chi connectivity index (χ0) is 11.5. The van der Waals surface area contributed by atoms with Crippen molar-refractivity contribution in [2.45, 2.75) is 13.5 Å². The van der Waals surface area contributed by atoms with Crippen LogP contribution in [0, 0.1) is 6.92 Å². The molecule has 2 N–H and O–H groups in total. The molecule has 84 valence electrons. The summed E-state index contributed by atoms with van der Waals surface area (Å²) < 4.78 is 5.35. The number of thiazole rings is 1. The Bertz CT molecular complexity index is 494. The highest BCUT2D eigenvalue weighted by molar-refractivity contribution is 7.15. The van der Waals surface area contributed by atoms with Crippen molar-refractivity contribution in [3.05, 3.63) is 35.0 Å². The molecule has 2 aromatic rings. The summed E-state index contributed by atoms with van der Waals surface area (Å²) in [6.45, 7) is 2.44. The minimum atomic E-state index is 0.456. The van der Waals surface area contributed by atoms with Crippen molar-refractivity contribution in [2.75, 3.05) is 7.11 Å². The van der Waals surface area contributed by atoms with E-state index in [0.717, 1.165) is 26.9 Å². The number of hydrogen-bond acceptors (Lipinski definition) is 4. The first-order chi connectivity index (χ1) is 7.76. The van der Waals surface area contributed by atoms with Crippen LogP contribution < -0.4 is 10.5 Å². The Hall–Kier alpha value is -1.39. The molecule has 0 aliphatic carbocycles. The Balaban J connectivity index is 2.57. The molecular formula is C12H14N2OS. The molecule has 1 aromatic heterocycles. The molecule has 0 bridgehead atoms. The summed E-state index contributed by atoms with van der Waals surface area (Å²) in [5.74, 6) is 0.862. The predicted molar refractivity (Wildman–Crippen MR) is 66.7 cm³/mol. The number of benzene rings is 1.